The molecule has 1 heterocycles. The second-order valence-corrected chi connectivity index (χ2v) is 8.40. The summed E-state index contributed by atoms with van der Waals surface area (Å²) in [5.41, 5.74) is 3.19. The predicted molar refractivity (Wildman–Crippen MR) is 146 cm³/mol. The number of carbonyl (C=O) groups is 1. The van der Waals surface area contributed by atoms with E-state index in [9.17, 15) is 4.79 Å². The fourth-order valence-electron chi connectivity index (χ4n) is 3.72. The van der Waals surface area contributed by atoms with Crippen molar-refractivity contribution >= 4 is 5.91 Å². The van der Waals surface area contributed by atoms with Crippen molar-refractivity contribution in [1.29, 1.82) is 0 Å². The number of methoxy groups -OCH3 is 1. The van der Waals surface area contributed by atoms with Crippen LogP contribution in [0.15, 0.2) is 84.3 Å². The van der Waals surface area contributed by atoms with Crippen molar-refractivity contribution in [3.63, 3.8) is 0 Å². The van der Waals surface area contributed by atoms with Crippen molar-refractivity contribution in [2.75, 3.05) is 33.9 Å². The van der Waals surface area contributed by atoms with Crippen LogP contribution in [0.5, 0.6) is 0 Å². The fraction of sp³-hybridized carbons (Fsp3) is 0.483. The summed E-state index contributed by atoms with van der Waals surface area (Å²) in [7, 11) is 3.69. The number of hydrogen-bond acceptors (Lipinski definition) is 5. The Morgan fingerprint density at radius 2 is 2.11 bits per heavy atom. The molecule has 0 aromatic carbocycles. The van der Waals surface area contributed by atoms with Crippen LogP contribution in [0, 0.1) is 0 Å². The maximum Gasteiger partial charge on any atom is 0.226 e. The van der Waals surface area contributed by atoms with Crippen LogP contribution in [0.25, 0.3) is 0 Å². The first-order chi connectivity index (χ1) is 16.9. The SMILES string of the molecule is C=C/C=C\N(C)C(=C/C)/C(=C\COC)NC(C)CCN(CC)C(=O)C/C=C1/C=CO/C(=C/C)CC1. The second kappa shape index (κ2) is 17.4. The molecule has 0 saturated heterocycles. The van der Waals surface area contributed by atoms with Crippen LogP contribution in [0.4, 0.5) is 0 Å². The van der Waals surface area contributed by atoms with E-state index in [1.807, 2.05) is 74.2 Å². The van der Waals surface area contributed by atoms with Gasteiger partial charge in [0.15, 0.2) is 0 Å². The molecule has 1 rings (SSSR count). The van der Waals surface area contributed by atoms with Crippen molar-refractivity contribution in [3.05, 3.63) is 84.3 Å². The highest BCUT2D eigenvalue weighted by molar-refractivity contribution is 5.77. The molecule has 0 spiro atoms. The summed E-state index contributed by atoms with van der Waals surface area (Å²) in [6, 6.07) is 0.172. The van der Waals surface area contributed by atoms with Gasteiger partial charge in [-0.05, 0) is 70.4 Å². The minimum atomic E-state index is 0.149. The Labute approximate surface area is 213 Å². The molecule has 0 aromatic rings. The molecule has 0 aromatic heterocycles. The van der Waals surface area contributed by atoms with Crippen LogP contribution in [0.1, 0.15) is 53.4 Å². The highest BCUT2D eigenvalue weighted by Crippen LogP contribution is 2.19. The lowest BCUT2D eigenvalue weighted by molar-refractivity contribution is -0.130. The molecule has 194 valence electrons. The lowest BCUT2D eigenvalue weighted by atomic mass is 10.1. The van der Waals surface area contributed by atoms with Gasteiger partial charge in [0, 0.05) is 52.3 Å². The van der Waals surface area contributed by atoms with E-state index in [0.717, 1.165) is 42.0 Å². The third-order valence-electron chi connectivity index (χ3n) is 5.82. The Bertz CT molecular complexity index is 849. The molecule has 35 heavy (non-hydrogen) atoms. The molecule has 1 aliphatic heterocycles. The minimum absolute atomic E-state index is 0.149. The van der Waals surface area contributed by atoms with Gasteiger partial charge >= 0.3 is 0 Å². The summed E-state index contributed by atoms with van der Waals surface area (Å²) in [5, 5.41) is 3.61. The van der Waals surface area contributed by atoms with E-state index in [-0.39, 0.29) is 11.9 Å². The summed E-state index contributed by atoms with van der Waals surface area (Å²) < 4.78 is 10.8. The average molecular weight is 484 g/mol. The molecule has 0 fully saturated rings. The highest BCUT2D eigenvalue weighted by Gasteiger charge is 2.15. The van der Waals surface area contributed by atoms with Crippen LogP contribution >= 0.6 is 0 Å². The van der Waals surface area contributed by atoms with E-state index < -0.39 is 0 Å². The summed E-state index contributed by atoms with van der Waals surface area (Å²) in [4.78, 5) is 16.9. The zero-order valence-corrected chi connectivity index (χ0v) is 22.5. The van der Waals surface area contributed by atoms with Crippen LogP contribution in [0.3, 0.4) is 0 Å². The number of likely N-dealkylation sites (N-methyl/N-ethyl adjacent to an activating group) is 1. The van der Waals surface area contributed by atoms with Crippen molar-refractivity contribution in [3.8, 4) is 0 Å². The Balaban J connectivity index is 2.73. The van der Waals surface area contributed by atoms with Gasteiger partial charge in [0.2, 0.25) is 5.91 Å². The summed E-state index contributed by atoms with van der Waals surface area (Å²) in [6.07, 6.45) is 20.4. The molecule has 1 amide bonds. The quantitative estimate of drug-likeness (QED) is 0.316. The predicted octanol–water partition coefficient (Wildman–Crippen LogP) is 5.81. The zero-order valence-electron chi connectivity index (χ0n) is 22.5. The first kappa shape index (κ1) is 30.0. The van der Waals surface area contributed by atoms with Gasteiger partial charge in [0.25, 0.3) is 0 Å². The van der Waals surface area contributed by atoms with Gasteiger partial charge in [0.05, 0.1) is 30.0 Å². The Morgan fingerprint density at radius 1 is 1.34 bits per heavy atom. The topological polar surface area (TPSA) is 54.0 Å². The molecule has 6 nitrogen and oxygen atoms in total. The smallest absolute Gasteiger partial charge is 0.226 e. The molecule has 1 N–H and O–H groups in total. The molecule has 0 bridgehead atoms. The van der Waals surface area contributed by atoms with E-state index in [0.29, 0.717) is 26.1 Å². The minimum Gasteiger partial charge on any atom is -0.470 e. The molecule has 1 aliphatic rings. The van der Waals surface area contributed by atoms with Gasteiger partial charge in [-0.25, -0.2) is 0 Å². The standard InChI is InChI=1S/C29H45N3O3/c1-8-12-20-31(6)28(10-3)27(19-22-34-7)30-24(5)17-21-32(11-4)29(33)16-14-25-13-15-26(9-2)35-23-18-25/h8-10,12,14,18-20,23-24,30H,1,11,13,15-17,21-22H2,2-7H3/b20-12-,25-14+,26-9+,27-19+,28-10+. The van der Waals surface area contributed by atoms with Crippen molar-refractivity contribution in [2.45, 2.75) is 59.4 Å². The third kappa shape index (κ3) is 11.3. The third-order valence-corrected chi connectivity index (χ3v) is 5.82. The van der Waals surface area contributed by atoms with Crippen LogP contribution < -0.4 is 5.32 Å². The molecule has 0 aliphatic carbocycles. The normalized spacial score (nSPS) is 17.9. The number of carbonyl (C=O) groups excluding carboxylic acids is 1. The zero-order chi connectivity index (χ0) is 26.1. The molecule has 6 heteroatoms. The van der Waals surface area contributed by atoms with Gasteiger partial charge in [-0.3, -0.25) is 4.79 Å². The Kier molecular flexibility index (Phi) is 15.0. The maximum absolute atomic E-state index is 12.9. The Hall–Kier alpha value is -2.99. The summed E-state index contributed by atoms with van der Waals surface area (Å²) >= 11 is 0. The number of hydrogen-bond donors (Lipinski definition) is 1. The van der Waals surface area contributed by atoms with E-state index in [2.05, 4.69) is 24.9 Å². The lowest BCUT2D eigenvalue weighted by Gasteiger charge is -2.27. The van der Waals surface area contributed by atoms with Crippen LogP contribution in [-0.2, 0) is 14.3 Å². The monoisotopic (exact) mass is 483 g/mol. The molecular weight excluding hydrogens is 438 g/mol. The van der Waals surface area contributed by atoms with Crippen LogP contribution in [0.2, 0.25) is 0 Å². The van der Waals surface area contributed by atoms with Crippen molar-refractivity contribution in [2.24, 2.45) is 0 Å². The Morgan fingerprint density at radius 3 is 2.74 bits per heavy atom. The van der Waals surface area contributed by atoms with Gasteiger partial charge in [-0.1, -0.05) is 24.8 Å². The van der Waals surface area contributed by atoms with Crippen molar-refractivity contribution < 1.29 is 14.3 Å². The second-order valence-electron chi connectivity index (χ2n) is 8.40. The van der Waals surface area contributed by atoms with Gasteiger partial charge in [-0.2, -0.15) is 0 Å². The van der Waals surface area contributed by atoms with Crippen molar-refractivity contribution in [1.82, 2.24) is 15.1 Å². The van der Waals surface area contributed by atoms with E-state index in [1.165, 1.54) is 0 Å². The number of amides is 1. The summed E-state index contributed by atoms with van der Waals surface area (Å²) in [5.74, 6) is 1.12. The van der Waals surface area contributed by atoms with E-state index in [4.69, 9.17) is 9.47 Å². The number of rotatable bonds is 14. The van der Waals surface area contributed by atoms with E-state index >= 15 is 0 Å². The van der Waals surface area contributed by atoms with Gasteiger partial charge in [-0.15, -0.1) is 0 Å². The molecule has 0 saturated carbocycles. The number of nitrogens with zero attached hydrogens (tertiary/aromatic N) is 2. The number of allylic oxidation sites excluding steroid dienone is 7. The summed E-state index contributed by atoms with van der Waals surface area (Å²) in [6.45, 7) is 13.8. The molecular formula is C29H45N3O3. The number of ether oxygens (including phenoxy) is 2. The highest BCUT2D eigenvalue weighted by atomic mass is 16.5. The molecule has 1 unspecified atom stereocenters. The lowest BCUT2D eigenvalue weighted by Crippen LogP contribution is -2.36. The largest absolute Gasteiger partial charge is 0.470 e. The van der Waals surface area contributed by atoms with Gasteiger partial charge < -0.3 is 24.6 Å². The van der Waals surface area contributed by atoms with Gasteiger partial charge in [0.1, 0.15) is 0 Å². The number of nitrogens with one attached hydrogen (secondary N) is 1. The first-order valence-corrected chi connectivity index (χ1v) is 12.5. The fourth-order valence-corrected chi connectivity index (χ4v) is 3.72. The molecule has 0 radical (unpaired) electrons. The molecule has 1 atom stereocenters. The average Bonchev–Trinajstić information content (AvgIpc) is 3.10. The first-order valence-electron chi connectivity index (χ1n) is 12.5. The van der Waals surface area contributed by atoms with E-state index in [1.54, 1.807) is 19.4 Å². The maximum atomic E-state index is 12.9. The van der Waals surface area contributed by atoms with Crippen LogP contribution in [-0.4, -0.2) is 55.6 Å².